The second kappa shape index (κ2) is 4.84. The van der Waals surface area contributed by atoms with E-state index in [1.54, 1.807) is 0 Å². The summed E-state index contributed by atoms with van der Waals surface area (Å²) >= 11 is 0. The van der Waals surface area contributed by atoms with Crippen LogP contribution in [-0.2, 0) is 4.74 Å². The molecule has 2 fully saturated rings. The molecule has 0 N–H and O–H groups in total. The highest BCUT2D eigenvalue weighted by molar-refractivity contribution is 5.93. The molecule has 1 spiro atoms. The fourth-order valence-electron chi connectivity index (χ4n) is 3.54. The van der Waals surface area contributed by atoms with Crippen molar-refractivity contribution in [2.24, 2.45) is 5.41 Å². The van der Waals surface area contributed by atoms with Crippen LogP contribution in [0.5, 0.6) is 0 Å². The van der Waals surface area contributed by atoms with E-state index < -0.39 is 0 Å². The number of pyridine rings is 1. The highest BCUT2D eigenvalue weighted by Gasteiger charge is 2.41. The minimum atomic E-state index is 0.0427. The first-order valence-electron chi connectivity index (χ1n) is 7.57. The molecule has 110 valence electrons. The number of fused-ring (bicyclic) bond motifs is 1. The number of rotatable bonds is 1. The Bertz CT molecular complexity index is 640. The lowest BCUT2D eigenvalue weighted by Gasteiger charge is -2.32. The quantitative estimate of drug-likeness (QED) is 0.805. The lowest BCUT2D eigenvalue weighted by molar-refractivity contribution is -0.00163. The van der Waals surface area contributed by atoms with Gasteiger partial charge < -0.3 is 14.0 Å². The number of carbonyl (C=O) groups is 1. The predicted molar refractivity (Wildman–Crippen MR) is 78.2 cm³/mol. The molecule has 2 aliphatic rings. The number of hydrogen-bond acceptors (Lipinski definition) is 3. The molecule has 0 bridgehead atoms. The maximum absolute atomic E-state index is 12.7. The minimum absolute atomic E-state index is 0.0427. The van der Waals surface area contributed by atoms with Crippen molar-refractivity contribution in [3.05, 3.63) is 36.3 Å². The topological polar surface area (TPSA) is 46.8 Å². The Kier molecular flexibility index (Phi) is 2.96. The fourth-order valence-corrected chi connectivity index (χ4v) is 3.54. The molecule has 2 aromatic heterocycles. The van der Waals surface area contributed by atoms with Gasteiger partial charge in [0.2, 0.25) is 0 Å². The van der Waals surface area contributed by atoms with E-state index in [0.29, 0.717) is 5.69 Å². The Morgan fingerprint density at radius 2 is 2.29 bits per heavy atom. The third-order valence-electron chi connectivity index (χ3n) is 4.71. The summed E-state index contributed by atoms with van der Waals surface area (Å²) in [6, 6.07) is 5.78. The molecule has 1 amide bonds. The third-order valence-corrected chi connectivity index (χ3v) is 4.71. The summed E-state index contributed by atoms with van der Waals surface area (Å²) < 4.78 is 7.52. The Labute approximate surface area is 123 Å². The van der Waals surface area contributed by atoms with Gasteiger partial charge in [-0.1, -0.05) is 6.07 Å². The molecule has 4 heterocycles. The molecule has 1 unspecified atom stereocenters. The largest absolute Gasteiger partial charge is 0.381 e. The summed E-state index contributed by atoms with van der Waals surface area (Å²) in [6.45, 7) is 3.28. The SMILES string of the molecule is O=C(c1cn2ccccc2n1)N1CCC2(CCCOC2)C1. The Hall–Kier alpha value is -1.88. The van der Waals surface area contributed by atoms with Gasteiger partial charge in [-0.15, -0.1) is 0 Å². The van der Waals surface area contributed by atoms with Crippen LogP contribution in [0.3, 0.4) is 0 Å². The van der Waals surface area contributed by atoms with Gasteiger partial charge in [0.15, 0.2) is 0 Å². The van der Waals surface area contributed by atoms with E-state index in [4.69, 9.17) is 4.74 Å². The van der Waals surface area contributed by atoms with Gasteiger partial charge in [-0.05, 0) is 31.4 Å². The number of imidazole rings is 1. The van der Waals surface area contributed by atoms with Crippen molar-refractivity contribution in [1.82, 2.24) is 14.3 Å². The van der Waals surface area contributed by atoms with E-state index in [-0.39, 0.29) is 11.3 Å². The lowest BCUT2D eigenvalue weighted by atomic mass is 9.82. The van der Waals surface area contributed by atoms with Crippen LogP contribution in [0, 0.1) is 5.41 Å². The second-order valence-electron chi connectivity index (χ2n) is 6.23. The molecular formula is C16H19N3O2. The van der Waals surface area contributed by atoms with Crippen molar-refractivity contribution >= 4 is 11.6 Å². The van der Waals surface area contributed by atoms with Crippen LogP contribution in [0.2, 0.25) is 0 Å². The molecule has 0 aliphatic carbocycles. The normalized spacial score (nSPS) is 25.8. The first-order chi connectivity index (χ1) is 10.3. The molecule has 0 saturated carbocycles. The summed E-state index contributed by atoms with van der Waals surface area (Å²) in [5.74, 6) is 0.0427. The van der Waals surface area contributed by atoms with E-state index in [0.717, 1.165) is 44.8 Å². The first-order valence-corrected chi connectivity index (χ1v) is 7.57. The van der Waals surface area contributed by atoms with Crippen LogP contribution >= 0.6 is 0 Å². The van der Waals surface area contributed by atoms with E-state index >= 15 is 0 Å². The summed E-state index contributed by atoms with van der Waals surface area (Å²) in [6.07, 6.45) is 7.06. The average Bonchev–Trinajstić information content (AvgIpc) is 3.12. The molecule has 2 aromatic rings. The van der Waals surface area contributed by atoms with Gasteiger partial charge in [0.1, 0.15) is 11.3 Å². The molecule has 1 atom stereocenters. The number of carbonyl (C=O) groups excluding carboxylic acids is 1. The lowest BCUT2D eigenvalue weighted by Crippen LogP contribution is -2.37. The number of aromatic nitrogens is 2. The summed E-state index contributed by atoms with van der Waals surface area (Å²) in [4.78, 5) is 19.0. The van der Waals surface area contributed by atoms with E-state index in [9.17, 15) is 4.79 Å². The van der Waals surface area contributed by atoms with Gasteiger partial charge in [0.25, 0.3) is 5.91 Å². The van der Waals surface area contributed by atoms with E-state index in [2.05, 4.69) is 4.98 Å². The van der Waals surface area contributed by atoms with Crippen LogP contribution in [0.15, 0.2) is 30.6 Å². The number of nitrogens with zero attached hydrogens (tertiary/aromatic N) is 3. The minimum Gasteiger partial charge on any atom is -0.381 e. The summed E-state index contributed by atoms with van der Waals surface area (Å²) in [5.41, 5.74) is 1.54. The van der Waals surface area contributed by atoms with Crippen LogP contribution in [0.4, 0.5) is 0 Å². The van der Waals surface area contributed by atoms with E-state index in [1.807, 2.05) is 39.9 Å². The van der Waals surface area contributed by atoms with Crippen molar-refractivity contribution in [3.63, 3.8) is 0 Å². The molecule has 5 heteroatoms. The fraction of sp³-hybridized carbons (Fsp3) is 0.500. The van der Waals surface area contributed by atoms with Crippen molar-refractivity contribution < 1.29 is 9.53 Å². The maximum Gasteiger partial charge on any atom is 0.274 e. The van der Waals surface area contributed by atoms with Crippen molar-refractivity contribution in [3.8, 4) is 0 Å². The molecule has 21 heavy (non-hydrogen) atoms. The first kappa shape index (κ1) is 12.8. The predicted octanol–water partition coefficient (Wildman–Crippen LogP) is 1.98. The Balaban J connectivity index is 1.55. The van der Waals surface area contributed by atoms with Gasteiger partial charge in [0.05, 0.1) is 6.61 Å². The van der Waals surface area contributed by atoms with Crippen molar-refractivity contribution in [1.29, 1.82) is 0 Å². The standard InChI is InChI=1S/C16H19N3O2/c20-15(13-10-18-7-2-1-4-14(18)17-13)19-8-6-16(11-19)5-3-9-21-12-16/h1-2,4,7,10H,3,5-6,8-9,11-12H2. The highest BCUT2D eigenvalue weighted by atomic mass is 16.5. The zero-order valence-corrected chi connectivity index (χ0v) is 12.0. The van der Waals surface area contributed by atoms with Crippen LogP contribution in [0.1, 0.15) is 29.8 Å². The van der Waals surface area contributed by atoms with Gasteiger partial charge >= 0.3 is 0 Å². The number of likely N-dealkylation sites (tertiary alicyclic amines) is 1. The zero-order valence-electron chi connectivity index (χ0n) is 12.0. The smallest absolute Gasteiger partial charge is 0.274 e. The van der Waals surface area contributed by atoms with Gasteiger partial charge in [-0.2, -0.15) is 0 Å². The Morgan fingerprint density at radius 1 is 1.33 bits per heavy atom. The van der Waals surface area contributed by atoms with Crippen molar-refractivity contribution in [2.75, 3.05) is 26.3 Å². The van der Waals surface area contributed by atoms with Crippen LogP contribution in [0.25, 0.3) is 5.65 Å². The molecule has 2 saturated heterocycles. The monoisotopic (exact) mass is 285 g/mol. The van der Waals surface area contributed by atoms with Crippen LogP contribution < -0.4 is 0 Å². The third kappa shape index (κ3) is 2.21. The van der Waals surface area contributed by atoms with Crippen LogP contribution in [-0.4, -0.2) is 46.5 Å². The molecule has 0 aromatic carbocycles. The molecule has 5 nitrogen and oxygen atoms in total. The van der Waals surface area contributed by atoms with Gasteiger partial charge in [-0.3, -0.25) is 4.79 Å². The van der Waals surface area contributed by atoms with Gasteiger partial charge in [-0.25, -0.2) is 4.98 Å². The zero-order chi connectivity index (χ0) is 14.3. The molecule has 0 radical (unpaired) electrons. The Morgan fingerprint density at radius 3 is 3.10 bits per heavy atom. The average molecular weight is 285 g/mol. The number of amides is 1. The molecular weight excluding hydrogens is 266 g/mol. The summed E-state index contributed by atoms with van der Waals surface area (Å²) in [7, 11) is 0. The second-order valence-corrected chi connectivity index (χ2v) is 6.23. The maximum atomic E-state index is 12.7. The number of hydrogen-bond donors (Lipinski definition) is 0. The number of ether oxygens (including phenoxy) is 1. The van der Waals surface area contributed by atoms with Crippen molar-refractivity contribution in [2.45, 2.75) is 19.3 Å². The molecule has 4 rings (SSSR count). The van der Waals surface area contributed by atoms with Gasteiger partial charge in [0, 0.05) is 37.5 Å². The molecule has 2 aliphatic heterocycles. The van der Waals surface area contributed by atoms with E-state index in [1.165, 1.54) is 6.42 Å². The highest BCUT2D eigenvalue weighted by Crippen LogP contribution is 2.38. The summed E-state index contributed by atoms with van der Waals surface area (Å²) in [5, 5.41) is 0.